The third kappa shape index (κ3) is 4.49. The van der Waals surface area contributed by atoms with Gasteiger partial charge in [0.15, 0.2) is 0 Å². The van der Waals surface area contributed by atoms with Gasteiger partial charge < -0.3 is 15.0 Å². The number of H-pyrrole nitrogens is 1. The van der Waals surface area contributed by atoms with Gasteiger partial charge in [0.05, 0.1) is 4.60 Å². The fourth-order valence-corrected chi connectivity index (χ4v) is 4.72. The molecule has 0 unspecified atom stereocenters. The Labute approximate surface area is 169 Å². The molecule has 1 saturated heterocycles. The normalized spacial score (nSPS) is 18.7. The number of piperidine rings is 1. The van der Waals surface area contributed by atoms with Crippen LogP contribution in [-0.2, 0) is 11.2 Å². The Kier molecular flexibility index (Phi) is 5.74. The topological polar surface area (TPSA) is 57.4 Å². The summed E-state index contributed by atoms with van der Waals surface area (Å²) in [6.07, 6.45) is 5.91. The molecule has 2 heterocycles. The molecule has 27 heavy (non-hydrogen) atoms. The standard InChI is InChI=1S/C21H28BrN3O2/c1-23-21(26)27-11-10-25-8-6-15(7-9-25)16-4-5-19-17(13-16)18(20(22)24-19)12-14-2-3-14/h4-5,13-15,24H,2-3,6-12H2,1H3,(H,23,26). The number of hydrogen-bond acceptors (Lipinski definition) is 3. The second-order valence-electron chi connectivity index (χ2n) is 7.87. The highest BCUT2D eigenvalue weighted by molar-refractivity contribution is 9.10. The largest absolute Gasteiger partial charge is 0.448 e. The van der Waals surface area contributed by atoms with Crippen molar-refractivity contribution in [2.24, 2.45) is 5.92 Å². The first-order chi connectivity index (χ1) is 13.1. The molecule has 6 heteroatoms. The summed E-state index contributed by atoms with van der Waals surface area (Å²) >= 11 is 3.73. The lowest BCUT2D eigenvalue weighted by molar-refractivity contribution is 0.119. The van der Waals surface area contributed by atoms with Crippen molar-refractivity contribution in [3.8, 4) is 0 Å². The zero-order chi connectivity index (χ0) is 18.8. The molecule has 2 fully saturated rings. The van der Waals surface area contributed by atoms with Gasteiger partial charge in [0.2, 0.25) is 0 Å². The molecule has 146 valence electrons. The van der Waals surface area contributed by atoms with Crippen LogP contribution in [0.3, 0.4) is 0 Å². The van der Waals surface area contributed by atoms with Gasteiger partial charge in [0.1, 0.15) is 6.61 Å². The average Bonchev–Trinajstić information content (AvgIpc) is 3.45. The van der Waals surface area contributed by atoms with Crippen LogP contribution >= 0.6 is 15.9 Å². The van der Waals surface area contributed by atoms with E-state index in [-0.39, 0.29) is 6.09 Å². The number of likely N-dealkylation sites (tertiary alicyclic amines) is 1. The van der Waals surface area contributed by atoms with Crippen molar-refractivity contribution in [1.82, 2.24) is 15.2 Å². The van der Waals surface area contributed by atoms with Crippen LogP contribution in [0.5, 0.6) is 0 Å². The highest BCUT2D eigenvalue weighted by atomic mass is 79.9. The van der Waals surface area contributed by atoms with Crippen LogP contribution in [0.4, 0.5) is 4.79 Å². The maximum Gasteiger partial charge on any atom is 0.406 e. The lowest BCUT2D eigenvalue weighted by Gasteiger charge is -2.32. The third-order valence-electron chi connectivity index (χ3n) is 5.97. The van der Waals surface area contributed by atoms with Gasteiger partial charge >= 0.3 is 6.09 Å². The minimum absolute atomic E-state index is 0.349. The van der Waals surface area contributed by atoms with Crippen LogP contribution in [0.15, 0.2) is 22.8 Å². The second kappa shape index (κ2) is 8.23. The van der Waals surface area contributed by atoms with Crippen molar-refractivity contribution in [1.29, 1.82) is 0 Å². The number of fused-ring (bicyclic) bond motifs is 1. The van der Waals surface area contributed by atoms with Gasteiger partial charge in [-0.3, -0.25) is 4.90 Å². The summed E-state index contributed by atoms with van der Waals surface area (Å²) in [4.78, 5) is 17.0. The van der Waals surface area contributed by atoms with E-state index in [2.05, 4.69) is 49.3 Å². The number of nitrogens with one attached hydrogen (secondary N) is 2. The molecule has 0 radical (unpaired) electrons. The number of carbonyl (C=O) groups excluding carboxylic acids is 1. The maximum atomic E-state index is 11.1. The first-order valence-corrected chi connectivity index (χ1v) is 10.8. The van der Waals surface area contributed by atoms with Crippen molar-refractivity contribution in [3.63, 3.8) is 0 Å². The quantitative estimate of drug-likeness (QED) is 0.708. The van der Waals surface area contributed by atoms with Crippen molar-refractivity contribution < 1.29 is 9.53 Å². The summed E-state index contributed by atoms with van der Waals surface area (Å²) in [6, 6.07) is 6.96. The van der Waals surface area contributed by atoms with Crippen molar-refractivity contribution in [2.45, 2.75) is 38.0 Å². The van der Waals surface area contributed by atoms with E-state index in [4.69, 9.17) is 4.74 Å². The molecule has 4 rings (SSSR count). The van der Waals surface area contributed by atoms with E-state index in [0.29, 0.717) is 12.5 Å². The minimum atomic E-state index is -0.349. The van der Waals surface area contributed by atoms with Crippen molar-refractivity contribution >= 4 is 32.9 Å². The Morgan fingerprint density at radius 2 is 2.07 bits per heavy atom. The fraction of sp³-hybridized carbons (Fsp3) is 0.571. The molecular formula is C21H28BrN3O2. The zero-order valence-electron chi connectivity index (χ0n) is 15.9. The average molecular weight is 434 g/mol. The predicted octanol–water partition coefficient (Wildman–Crippen LogP) is 4.42. The highest BCUT2D eigenvalue weighted by Crippen LogP contribution is 2.39. The van der Waals surface area contributed by atoms with Crippen LogP contribution in [-0.4, -0.2) is 49.3 Å². The summed E-state index contributed by atoms with van der Waals surface area (Å²) in [6.45, 7) is 3.39. The lowest BCUT2D eigenvalue weighted by atomic mass is 9.88. The Morgan fingerprint density at radius 1 is 1.30 bits per heavy atom. The number of alkyl carbamates (subject to hydrolysis) is 1. The van der Waals surface area contributed by atoms with Crippen molar-refractivity contribution in [3.05, 3.63) is 33.9 Å². The number of halogens is 1. The molecule has 2 aliphatic rings. The van der Waals surface area contributed by atoms with E-state index < -0.39 is 0 Å². The Morgan fingerprint density at radius 3 is 2.78 bits per heavy atom. The molecule has 2 N–H and O–H groups in total. The van der Waals surface area contributed by atoms with Gasteiger partial charge in [-0.05, 0) is 96.2 Å². The van der Waals surface area contributed by atoms with Gasteiger partial charge in [-0.25, -0.2) is 4.79 Å². The van der Waals surface area contributed by atoms with Gasteiger partial charge in [-0.2, -0.15) is 0 Å². The van der Waals surface area contributed by atoms with Crippen LogP contribution < -0.4 is 5.32 Å². The Hall–Kier alpha value is -1.53. The number of rotatable bonds is 6. The van der Waals surface area contributed by atoms with Gasteiger partial charge in [-0.15, -0.1) is 0 Å². The lowest BCUT2D eigenvalue weighted by Crippen LogP contribution is -2.36. The fourth-order valence-electron chi connectivity index (χ4n) is 4.13. The highest BCUT2D eigenvalue weighted by Gasteiger charge is 2.25. The number of aromatic nitrogens is 1. The molecule has 1 aromatic heterocycles. The smallest absolute Gasteiger partial charge is 0.406 e. The molecule has 1 saturated carbocycles. The van der Waals surface area contributed by atoms with Gasteiger partial charge in [0, 0.05) is 24.5 Å². The molecule has 1 amide bonds. The predicted molar refractivity (Wildman–Crippen MR) is 111 cm³/mol. The Balaban J connectivity index is 1.38. The molecule has 0 atom stereocenters. The summed E-state index contributed by atoms with van der Waals surface area (Å²) in [5, 5.41) is 3.88. The minimum Gasteiger partial charge on any atom is -0.448 e. The third-order valence-corrected chi connectivity index (χ3v) is 6.65. The van der Waals surface area contributed by atoms with Crippen LogP contribution in [0.1, 0.15) is 42.7 Å². The van der Waals surface area contributed by atoms with E-state index in [1.54, 1.807) is 7.05 Å². The van der Waals surface area contributed by atoms with Gasteiger partial charge in [-0.1, -0.05) is 6.07 Å². The number of amides is 1. The van der Waals surface area contributed by atoms with Gasteiger partial charge in [0.25, 0.3) is 0 Å². The molecule has 2 aromatic rings. The monoisotopic (exact) mass is 433 g/mol. The number of aromatic amines is 1. The van der Waals surface area contributed by atoms with E-state index in [1.165, 1.54) is 41.3 Å². The maximum absolute atomic E-state index is 11.1. The zero-order valence-corrected chi connectivity index (χ0v) is 17.5. The van der Waals surface area contributed by atoms with Crippen LogP contribution in [0.25, 0.3) is 10.9 Å². The molecular weight excluding hydrogens is 406 g/mol. The van der Waals surface area contributed by atoms with E-state index in [1.807, 2.05) is 0 Å². The summed E-state index contributed by atoms with van der Waals surface area (Å²) in [5.74, 6) is 1.50. The molecule has 0 bridgehead atoms. The number of hydrogen-bond donors (Lipinski definition) is 2. The molecule has 1 aliphatic carbocycles. The SMILES string of the molecule is CNC(=O)OCCN1CCC(c2ccc3[nH]c(Br)c(CC4CC4)c3c2)CC1. The first-order valence-electron chi connectivity index (χ1n) is 10.0. The Bertz CT molecular complexity index is 807. The first kappa shape index (κ1) is 18.8. The van der Waals surface area contributed by atoms with E-state index >= 15 is 0 Å². The number of carbonyl (C=O) groups is 1. The van der Waals surface area contributed by atoms with E-state index in [0.717, 1.165) is 43.0 Å². The van der Waals surface area contributed by atoms with E-state index in [9.17, 15) is 4.79 Å². The summed E-state index contributed by atoms with van der Waals surface area (Å²) < 4.78 is 6.27. The molecule has 1 aromatic carbocycles. The van der Waals surface area contributed by atoms with Crippen molar-refractivity contribution in [2.75, 3.05) is 33.3 Å². The van der Waals surface area contributed by atoms with Crippen LogP contribution in [0, 0.1) is 5.92 Å². The molecule has 5 nitrogen and oxygen atoms in total. The number of benzene rings is 1. The molecule has 1 aliphatic heterocycles. The molecule has 0 spiro atoms. The number of ether oxygens (including phenoxy) is 1. The summed E-state index contributed by atoms with van der Waals surface area (Å²) in [7, 11) is 1.59. The number of nitrogens with zero attached hydrogens (tertiary/aromatic N) is 1. The van der Waals surface area contributed by atoms with Crippen LogP contribution in [0.2, 0.25) is 0 Å². The summed E-state index contributed by atoms with van der Waals surface area (Å²) in [5.41, 5.74) is 4.16. The second-order valence-corrected chi connectivity index (χ2v) is 8.66.